The van der Waals surface area contributed by atoms with Crippen LogP contribution in [0.25, 0.3) is 0 Å². The Morgan fingerprint density at radius 2 is 1.71 bits per heavy atom. The van der Waals surface area contributed by atoms with Gasteiger partial charge in [-0.05, 0) is 0 Å². The average Bonchev–Trinajstić information content (AvgIpc) is 2.28. The lowest BCUT2D eigenvalue weighted by Crippen LogP contribution is -2.35. The number of hydrogen-bond acceptors (Lipinski definition) is 5. The molecule has 10 heteroatoms. The number of nitrogens with one attached hydrogen (secondary N) is 2. The number of urea groups is 1. The summed E-state index contributed by atoms with van der Waals surface area (Å²) in [6, 6.07) is -0.881. The van der Waals surface area contributed by atoms with Gasteiger partial charge in [0.15, 0.2) is 0 Å². The van der Waals surface area contributed by atoms with Crippen LogP contribution in [0.2, 0.25) is 0 Å². The predicted octanol–water partition coefficient (Wildman–Crippen LogP) is 1.41. The Bertz CT molecular complexity index is 460. The van der Waals surface area contributed by atoms with Crippen molar-refractivity contribution >= 4 is 52.7 Å². The smallest absolute Gasteiger partial charge is 0.276 e. The Hall–Kier alpha value is -1.44. The number of amides is 3. The van der Waals surface area contributed by atoms with Crippen LogP contribution >= 0.6 is 34.8 Å². The lowest BCUT2D eigenvalue weighted by Gasteiger charge is -2.03. The molecule has 0 saturated carbocycles. The van der Waals surface area contributed by atoms with Gasteiger partial charge in [-0.25, -0.2) is 19.7 Å². The van der Waals surface area contributed by atoms with Crippen LogP contribution in [0.4, 0.5) is 10.7 Å². The van der Waals surface area contributed by atoms with Gasteiger partial charge in [-0.2, -0.15) is 0 Å². The summed E-state index contributed by atoms with van der Waals surface area (Å²) in [5.41, 5.74) is 0. The predicted molar refractivity (Wildman–Crippen MR) is 61.6 cm³/mol. The molecule has 0 aromatic carbocycles. The van der Waals surface area contributed by atoms with Crippen molar-refractivity contribution in [3.8, 4) is 0 Å². The summed E-state index contributed by atoms with van der Waals surface area (Å²) in [6.07, 6.45) is 2.35. The zero-order chi connectivity index (χ0) is 12.8. The van der Waals surface area contributed by atoms with Crippen LogP contribution < -0.4 is 10.6 Å². The molecule has 0 radical (unpaired) electrons. The maximum absolute atomic E-state index is 11.2. The van der Waals surface area contributed by atoms with E-state index >= 15 is 0 Å². The highest BCUT2D eigenvalue weighted by atomic mass is 35.5. The van der Waals surface area contributed by atoms with Crippen molar-refractivity contribution in [2.24, 2.45) is 0 Å². The zero-order valence-electron chi connectivity index (χ0n) is 7.95. The van der Waals surface area contributed by atoms with Crippen LogP contribution in [0.3, 0.4) is 0 Å². The van der Waals surface area contributed by atoms with E-state index in [-0.39, 0.29) is 5.95 Å². The molecule has 7 nitrogen and oxygen atoms in total. The highest BCUT2D eigenvalue weighted by molar-refractivity contribution is 6.62. The first-order chi connectivity index (χ1) is 8.00. The summed E-state index contributed by atoms with van der Waals surface area (Å²) in [4.78, 5) is 33.2. The summed E-state index contributed by atoms with van der Waals surface area (Å²) in [5, 5.41) is 3.53. The number of hydrogen-bond donors (Lipinski definition) is 2. The van der Waals surface area contributed by atoms with Gasteiger partial charge in [0, 0.05) is 0 Å². The largest absolute Gasteiger partial charge is 0.328 e. The molecule has 0 atom stereocenters. The maximum atomic E-state index is 11.2. The van der Waals surface area contributed by atoms with Gasteiger partial charge in [-0.3, -0.25) is 15.4 Å². The van der Waals surface area contributed by atoms with E-state index < -0.39 is 21.5 Å². The quantitative estimate of drug-likeness (QED) is 0.804. The molecule has 1 aromatic rings. The number of rotatable bonds is 2. The first kappa shape index (κ1) is 13.6. The van der Waals surface area contributed by atoms with Gasteiger partial charge in [0.25, 0.3) is 5.91 Å². The minimum atomic E-state index is -0.946. The second-order valence-corrected chi connectivity index (χ2v) is 3.77. The number of carbonyl (C=O) groups is 2. The molecule has 1 rings (SSSR count). The second-order valence-electron chi connectivity index (χ2n) is 2.44. The number of nitrogens with zero attached hydrogens (tertiary/aromatic N) is 3. The van der Waals surface area contributed by atoms with Crippen LogP contribution in [-0.4, -0.2) is 26.9 Å². The van der Waals surface area contributed by atoms with Crippen molar-refractivity contribution in [1.29, 1.82) is 0 Å². The third-order valence-electron chi connectivity index (χ3n) is 1.31. The molecule has 0 unspecified atom stereocenters. The fourth-order valence-corrected chi connectivity index (χ4v) is 0.899. The first-order valence-electron chi connectivity index (χ1n) is 3.96. The molecule has 0 spiro atoms. The van der Waals surface area contributed by atoms with Crippen molar-refractivity contribution in [3.05, 3.63) is 22.2 Å². The van der Waals surface area contributed by atoms with Crippen molar-refractivity contribution in [1.82, 2.24) is 20.3 Å². The molecule has 0 aliphatic rings. The molecule has 0 aliphatic carbocycles. The van der Waals surface area contributed by atoms with Gasteiger partial charge < -0.3 is 0 Å². The van der Waals surface area contributed by atoms with Crippen LogP contribution in [-0.2, 0) is 4.79 Å². The molecule has 0 bridgehead atoms. The Balaban J connectivity index is 2.57. The number of aromatic nitrogens is 3. The van der Waals surface area contributed by atoms with Gasteiger partial charge >= 0.3 is 6.03 Å². The number of carbonyl (C=O) groups excluding carboxylic acids is 2. The summed E-state index contributed by atoms with van der Waals surface area (Å²) >= 11 is 15.9. The van der Waals surface area contributed by atoms with E-state index in [0.29, 0.717) is 0 Å². The third-order valence-corrected chi connectivity index (χ3v) is 2.24. The number of imide groups is 1. The van der Waals surface area contributed by atoms with Gasteiger partial charge in [0.2, 0.25) is 5.95 Å². The molecule has 90 valence electrons. The van der Waals surface area contributed by atoms with Crippen LogP contribution in [0.15, 0.2) is 22.2 Å². The van der Waals surface area contributed by atoms with E-state index in [1.807, 2.05) is 5.32 Å². The molecule has 2 N–H and O–H groups in total. The fourth-order valence-electron chi connectivity index (χ4n) is 0.680. The summed E-state index contributed by atoms with van der Waals surface area (Å²) < 4.78 is -0.447. The van der Waals surface area contributed by atoms with Crippen molar-refractivity contribution in [2.75, 3.05) is 5.32 Å². The van der Waals surface area contributed by atoms with E-state index in [4.69, 9.17) is 34.8 Å². The van der Waals surface area contributed by atoms with Gasteiger partial charge in [0.1, 0.15) is 22.2 Å². The molecular formula is C7H4Cl3N5O2. The highest BCUT2D eigenvalue weighted by Crippen LogP contribution is 2.17. The van der Waals surface area contributed by atoms with Gasteiger partial charge in [-0.1, -0.05) is 34.8 Å². The zero-order valence-corrected chi connectivity index (χ0v) is 10.2. The van der Waals surface area contributed by atoms with Crippen LogP contribution in [0.1, 0.15) is 0 Å². The second kappa shape index (κ2) is 6.33. The first-order valence-corrected chi connectivity index (χ1v) is 5.09. The minimum absolute atomic E-state index is 0.0256. The Kier molecular flexibility index (Phi) is 5.08. The normalized spacial score (nSPS) is 9.35. The lowest BCUT2D eigenvalue weighted by atomic mass is 10.6. The van der Waals surface area contributed by atoms with Gasteiger partial charge in [0.05, 0.1) is 0 Å². The van der Waals surface area contributed by atoms with Crippen LogP contribution in [0, 0.1) is 0 Å². The van der Waals surface area contributed by atoms with E-state index in [1.165, 1.54) is 12.7 Å². The molecule has 0 saturated heterocycles. The fraction of sp³-hybridized carbons (Fsp3) is 0. The van der Waals surface area contributed by atoms with Crippen LogP contribution in [0.5, 0.6) is 0 Å². The van der Waals surface area contributed by atoms with Crippen molar-refractivity contribution < 1.29 is 9.59 Å². The highest BCUT2D eigenvalue weighted by Gasteiger charge is 2.14. The Morgan fingerprint density at radius 1 is 1.12 bits per heavy atom. The monoisotopic (exact) mass is 295 g/mol. The van der Waals surface area contributed by atoms with E-state index in [0.717, 1.165) is 0 Å². The summed E-state index contributed by atoms with van der Waals surface area (Å²) in [6.45, 7) is 0. The standard InChI is InChI=1S/C7H4Cl3N5O2/c8-3(4(9)10)5(16)14-7(17)15-6-12-1-11-2-13-6/h1-2H,(H2,11,12,13,14,15,16,17). The molecule has 1 heterocycles. The number of anilines is 1. The summed E-state index contributed by atoms with van der Waals surface area (Å²) in [7, 11) is 0. The van der Waals surface area contributed by atoms with E-state index in [9.17, 15) is 9.59 Å². The van der Waals surface area contributed by atoms with E-state index in [2.05, 4.69) is 20.3 Å². The molecule has 1 aromatic heterocycles. The molecule has 0 aliphatic heterocycles. The molecule has 0 fully saturated rings. The molecular weight excluding hydrogens is 292 g/mol. The van der Waals surface area contributed by atoms with E-state index in [1.54, 1.807) is 0 Å². The Morgan fingerprint density at radius 3 is 2.24 bits per heavy atom. The minimum Gasteiger partial charge on any atom is -0.276 e. The van der Waals surface area contributed by atoms with Crippen molar-refractivity contribution in [2.45, 2.75) is 0 Å². The molecule has 17 heavy (non-hydrogen) atoms. The van der Waals surface area contributed by atoms with Gasteiger partial charge in [-0.15, -0.1) is 0 Å². The SMILES string of the molecule is O=C(NC(=O)C(Cl)=C(Cl)Cl)Nc1ncncn1. The topological polar surface area (TPSA) is 96.9 Å². The molecule has 3 amide bonds. The number of halogens is 3. The average molecular weight is 297 g/mol. The third kappa shape index (κ3) is 4.51. The summed E-state index contributed by atoms with van der Waals surface area (Å²) in [5.74, 6) is -0.972. The lowest BCUT2D eigenvalue weighted by molar-refractivity contribution is -0.115. The van der Waals surface area contributed by atoms with Crippen molar-refractivity contribution in [3.63, 3.8) is 0 Å². The maximum Gasteiger partial charge on any atom is 0.328 e. The Labute approximate surface area is 110 Å².